The van der Waals surface area contributed by atoms with Gasteiger partial charge in [0.05, 0.1) is 0 Å². The van der Waals surface area contributed by atoms with Crippen LogP contribution in [0, 0.1) is 6.92 Å². The second-order valence-corrected chi connectivity index (χ2v) is 8.44. The normalized spacial score (nSPS) is 10.3. The van der Waals surface area contributed by atoms with Crippen molar-refractivity contribution in [2.45, 2.75) is 6.92 Å². The maximum Gasteiger partial charge on any atom is 0.262 e. The Bertz CT molecular complexity index is 1050. The number of anilines is 2. The van der Waals surface area contributed by atoms with Gasteiger partial charge in [0.25, 0.3) is 11.8 Å². The number of hydrogen-bond acceptors (Lipinski definition) is 4. The SMILES string of the molecule is Cc1ccc(NC(=O)COc2ccc(Br)cc2)cc1NC(=O)COc1ccc(Br)cc1. The predicted octanol–water partition coefficient (Wildman–Crippen LogP) is 5.56. The first-order valence-corrected chi connectivity index (χ1v) is 10.9. The number of aryl methyl sites for hydroxylation is 1. The average molecular weight is 548 g/mol. The molecule has 0 bridgehead atoms. The summed E-state index contributed by atoms with van der Waals surface area (Å²) in [5, 5.41) is 5.58. The molecule has 3 rings (SSSR count). The maximum atomic E-state index is 12.3. The van der Waals surface area contributed by atoms with Gasteiger partial charge >= 0.3 is 0 Å². The molecule has 0 aliphatic heterocycles. The van der Waals surface area contributed by atoms with E-state index in [1.807, 2.05) is 37.3 Å². The van der Waals surface area contributed by atoms with Gasteiger partial charge in [-0.1, -0.05) is 37.9 Å². The van der Waals surface area contributed by atoms with Crippen molar-refractivity contribution in [1.29, 1.82) is 0 Å². The Morgan fingerprint density at radius 1 is 0.742 bits per heavy atom. The lowest BCUT2D eigenvalue weighted by atomic mass is 10.1. The van der Waals surface area contributed by atoms with Gasteiger partial charge in [0, 0.05) is 20.3 Å². The molecule has 2 N–H and O–H groups in total. The number of amides is 2. The standard InChI is InChI=1S/C23H20Br2N2O4/c1-15-2-7-18(26-22(28)13-30-19-8-3-16(24)4-9-19)12-21(15)27-23(29)14-31-20-10-5-17(25)6-11-20/h2-12H,13-14H2,1H3,(H,26,28)(H,27,29). The molecule has 6 nitrogen and oxygen atoms in total. The van der Waals surface area contributed by atoms with Crippen LogP contribution in [0.4, 0.5) is 11.4 Å². The summed E-state index contributed by atoms with van der Waals surface area (Å²) in [5.74, 6) is 0.596. The van der Waals surface area contributed by atoms with Gasteiger partial charge in [0.2, 0.25) is 0 Å². The number of nitrogens with one attached hydrogen (secondary N) is 2. The molecule has 3 aromatic rings. The van der Waals surface area contributed by atoms with Crippen LogP contribution in [0.25, 0.3) is 0 Å². The Balaban J connectivity index is 1.52. The Morgan fingerprint density at radius 3 is 1.74 bits per heavy atom. The van der Waals surface area contributed by atoms with Crippen molar-refractivity contribution in [1.82, 2.24) is 0 Å². The lowest BCUT2D eigenvalue weighted by molar-refractivity contribution is -0.118. The monoisotopic (exact) mass is 546 g/mol. The fourth-order valence-electron chi connectivity index (χ4n) is 2.58. The van der Waals surface area contributed by atoms with E-state index in [0.29, 0.717) is 22.9 Å². The van der Waals surface area contributed by atoms with Gasteiger partial charge in [-0.2, -0.15) is 0 Å². The van der Waals surface area contributed by atoms with Gasteiger partial charge in [0.1, 0.15) is 11.5 Å². The van der Waals surface area contributed by atoms with Crippen LogP contribution in [0.15, 0.2) is 75.7 Å². The summed E-state index contributed by atoms with van der Waals surface area (Å²) < 4.78 is 12.8. The van der Waals surface area contributed by atoms with Gasteiger partial charge in [0.15, 0.2) is 13.2 Å². The summed E-state index contributed by atoms with van der Waals surface area (Å²) in [4.78, 5) is 24.5. The minimum atomic E-state index is -0.303. The van der Waals surface area contributed by atoms with Crippen molar-refractivity contribution in [2.24, 2.45) is 0 Å². The molecule has 0 spiro atoms. The summed E-state index contributed by atoms with van der Waals surface area (Å²) in [6.45, 7) is 1.62. The molecule has 0 saturated carbocycles. The maximum absolute atomic E-state index is 12.3. The highest BCUT2D eigenvalue weighted by Gasteiger charge is 2.09. The molecular formula is C23H20Br2N2O4. The molecule has 0 aromatic heterocycles. The fourth-order valence-corrected chi connectivity index (χ4v) is 3.11. The van der Waals surface area contributed by atoms with Crippen molar-refractivity contribution < 1.29 is 19.1 Å². The van der Waals surface area contributed by atoms with Gasteiger partial charge < -0.3 is 20.1 Å². The highest BCUT2D eigenvalue weighted by atomic mass is 79.9. The van der Waals surface area contributed by atoms with E-state index < -0.39 is 0 Å². The van der Waals surface area contributed by atoms with Gasteiger partial charge in [-0.25, -0.2) is 0 Å². The van der Waals surface area contributed by atoms with Gasteiger partial charge in [-0.3, -0.25) is 9.59 Å². The van der Waals surface area contributed by atoms with Crippen LogP contribution in [0.3, 0.4) is 0 Å². The zero-order valence-corrected chi connectivity index (χ0v) is 19.8. The minimum Gasteiger partial charge on any atom is -0.484 e. The van der Waals surface area contributed by atoms with E-state index in [1.54, 1.807) is 36.4 Å². The third-order valence-corrected chi connectivity index (χ3v) is 5.22. The quantitative estimate of drug-likeness (QED) is 0.387. The van der Waals surface area contributed by atoms with Crippen molar-refractivity contribution in [3.8, 4) is 11.5 Å². The van der Waals surface area contributed by atoms with E-state index >= 15 is 0 Å². The van der Waals surface area contributed by atoms with Crippen LogP contribution in [-0.2, 0) is 9.59 Å². The summed E-state index contributed by atoms with van der Waals surface area (Å²) in [6, 6.07) is 19.7. The van der Waals surface area contributed by atoms with Crippen LogP contribution in [0.5, 0.6) is 11.5 Å². The highest BCUT2D eigenvalue weighted by molar-refractivity contribution is 9.10. The number of carbonyl (C=O) groups excluding carboxylic acids is 2. The predicted molar refractivity (Wildman–Crippen MR) is 128 cm³/mol. The fraction of sp³-hybridized carbons (Fsp3) is 0.130. The second kappa shape index (κ2) is 11.0. The zero-order chi connectivity index (χ0) is 22.2. The van der Waals surface area contributed by atoms with Gasteiger partial charge in [-0.15, -0.1) is 0 Å². The summed E-state index contributed by atoms with van der Waals surface area (Å²) in [7, 11) is 0. The number of halogens is 2. The molecule has 0 radical (unpaired) electrons. The number of hydrogen-bond donors (Lipinski definition) is 2. The Hall–Kier alpha value is -2.84. The van der Waals surface area contributed by atoms with Crippen LogP contribution >= 0.6 is 31.9 Å². The van der Waals surface area contributed by atoms with E-state index in [2.05, 4.69) is 42.5 Å². The molecule has 0 aliphatic rings. The van der Waals surface area contributed by atoms with Crippen LogP contribution in [0.2, 0.25) is 0 Å². The lowest BCUT2D eigenvalue weighted by Crippen LogP contribution is -2.22. The largest absolute Gasteiger partial charge is 0.484 e. The van der Waals surface area contributed by atoms with Crippen LogP contribution in [-0.4, -0.2) is 25.0 Å². The van der Waals surface area contributed by atoms with Crippen molar-refractivity contribution >= 4 is 55.0 Å². The first kappa shape index (κ1) is 22.8. The highest BCUT2D eigenvalue weighted by Crippen LogP contribution is 2.21. The first-order valence-electron chi connectivity index (χ1n) is 9.36. The molecule has 8 heteroatoms. The average Bonchev–Trinajstić information content (AvgIpc) is 2.75. The molecule has 0 atom stereocenters. The van der Waals surface area contributed by atoms with E-state index in [4.69, 9.17) is 9.47 Å². The van der Waals surface area contributed by atoms with Crippen LogP contribution < -0.4 is 20.1 Å². The van der Waals surface area contributed by atoms with E-state index in [0.717, 1.165) is 14.5 Å². The van der Waals surface area contributed by atoms with Crippen molar-refractivity contribution in [3.63, 3.8) is 0 Å². The topological polar surface area (TPSA) is 76.7 Å². The minimum absolute atomic E-state index is 0.126. The number of benzene rings is 3. The number of carbonyl (C=O) groups is 2. The molecule has 0 aliphatic carbocycles. The Labute approximate surface area is 197 Å². The number of ether oxygens (including phenoxy) is 2. The smallest absolute Gasteiger partial charge is 0.262 e. The third kappa shape index (κ3) is 7.41. The molecule has 2 amide bonds. The first-order chi connectivity index (χ1) is 14.9. The molecule has 0 unspecified atom stereocenters. The molecule has 0 heterocycles. The summed E-state index contributed by atoms with van der Waals surface area (Å²) in [6.07, 6.45) is 0. The van der Waals surface area contributed by atoms with E-state index in [-0.39, 0.29) is 25.0 Å². The Morgan fingerprint density at radius 2 is 1.23 bits per heavy atom. The summed E-state index contributed by atoms with van der Waals surface area (Å²) in [5.41, 5.74) is 2.01. The molecule has 3 aromatic carbocycles. The summed E-state index contributed by atoms with van der Waals surface area (Å²) >= 11 is 6.70. The molecule has 31 heavy (non-hydrogen) atoms. The lowest BCUT2D eigenvalue weighted by Gasteiger charge is -2.12. The zero-order valence-electron chi connectivity index (χ0n) is 16.7. The Kier molecular flexibility index (Phi) is 8.08. The van der Waals surface area contributed by atoms with Crippen LogP contribution in [0.1, 0.15) is 5.56 Å². The molecule has 160 valence electrons. The number of rotatable bonds is 8. The van der Waals surface area contributed by atoms with Gasteiger partial charge in [-0.05, 0) is 73.2 Å². The molecular weight excluding hydrogens is 528 g/mol. The van der Waals surface area contributed by atoms with E-state index in [1.165, 1.54) is 0 Å². The second-order valence-electron chi connectivity index (χ2n) is 6.61. The van der Waals surface area contributed by atoms with Crippen molar-refractivity contribution in [3.05, 3.63) is 81.2 Å². The molecule has 0 saturated heterocycles. The third-order valence-electron chi connectivity index (χ3n) is 4.16. The van der Waals surface area contributed by atoms with E-state index in [9.17, 15) is 9.59 Å². The van der Waals surface area contributed by atoms with Crippen molar-refractivity contribution in [2.75, 3.05) is 23.8 Å². The molecule has 0 fully saturated rings.